The quantitative estimate of drug-likeness (QED) is 0.834. The molecule has 0 aliphatic heterocycles. The van der Waals surface area contributed by atoms with Crippen LogP contribution < -0.4 is 10.5 Å². The maximum absolute atomic E-state index is 5.93. The predicted octanol–water partition coefficient (Wildman–Crippen LogP) is 3.14. The zero-order valence-electron chi connectivity index (χ0n) is 12.4. The summed E-state index contributed by atoms with van der Waals surface area (Å²) in [5.41, 5.74) is 8.11. The number of rotatable bonds is 4. The number of hydrogen-bond donors (Lipinski definition) is 1. The third-order valence-corrected chi connectivity index (χ3v) is 3.64. The lowest BCUT2D eigenvalue weighted by Gasteiger charge is -2.35. The van der Waals surface area contributed by atoms with E-state index in [9.17, 15) is 0 Å². The molecule has 2 N–H and O–H groups in total. The Kier molecular flexibility index (Phi) is 4.63. The average molecular weight is 250 g/mol. The van der Waals surface area contributed by atoms with Gasteiger partial charge in [0.15, 0.2) is 0 Å². The molecule has 0 heterocycles. The second-order valence-corrected chi connectivity index (χ2v) is 6.03. The van der Waals surface area contributed by atoms with Crippen molar-refractivity contribution in [2.75, 3.05) is 19.9 Å². The van der Waals surface area contributed by atoms with Crippen LogP contribution in [0.3, 0.4) is 0 Å². The summed E-state index contributed by atoms with van der Waals surface area (Å²) >= 11 is 0. The molecule has 0 bridgehead atoms. The first-order valence-corrected chi connectivity index (χ1v) is 6.38. The van der Waals surface area contributed by atoms with Crippen LogP contribution >= 0.6 is 0 Å². The fourth-order valence-corrected chi connectivity index (χ4v) is 1.97. The molecule has 102 valence electrons. The Balaban J connectivity index is 2.76. The molecule has 0 aliphatic rings. The summed E-state index contributed by atoms with van der Waals surface area (Å²) in [7, 11) is 3.79. The van der Waals surface area contributed by atoms with E-state index in [1.54, 1.807) is 7.11 Å². The Bertz CT molecular complexity index is 396. The molecule has 1 aromatic rings. The van der Waals surface area contributed by atoms with E-state index >= 15 is 0 Å². The van der Waals surface area contributed by atoms with Gasteiger partial charge >= 0.3 is 0 Å². The Labute approximate surface area is 111 Å². The number of anilines is 1. The summed E-state index contributed by atoms with van der Waals surface area (Å²) in [6.45, 7) is 9.93. The minimum atomic E-state index is 0.271. The number of ether oxygens (including phenoxy) is 1. The van der Waals surface area contributed by atoms with E-state index in [0.717, 1.165) is 12.3 Å². The van der Waals surface area contributed by atoms with Crippen molar-refractivity contribution in [1.82, 2.24) is 4.90 Å². The van der Waals surface area contributed by atoms with Gasteiger partial charge in [0.05, 0.1) is 12.8 Å². The van der Waals surface area contributed by atoms with Crippen LogP contribution in [0, 0.1) is 5.41 Å². The molecule has 0 spiro atoms. The van der Waals surface area contributed by atoms with Crippen molar-refractivity contribution < 1.29 is 4.74 Å². The molecule has 18 heavy (non-hydrogen) atoms. The summed E-state index contributed by atoms with van der Waals surface area (Å²) in [4.78, 5) is 2.35. The lowest BCUT2D eigenvalue weighted by Crippen LogP contribution is -2.38. The summed E-state index contributed by atoms with van der Waals surface area (Å²) in [5.74, 6) is 0.741. The van der Waals surface area contributed by atoms with Gasteiger partial charge in [-0.3, -0.25) is 4.90 Å². The van der Waals surface area contributed by atoms with Crippen molar-refractivity contribution in [2.24, 2.45) is 5.41 Å². The van der Waals surface area contributed by atoms with Crippen molar-refractivity contribution in [2.45, 2.75) is 40.3 Å². The first kappa shape index (κ1) is 14.8. The molecular weight excluding hydrogens is 224 g/mol. The summed E-state index contributed by atoms with van der Waals surface area (Å²) in [5, 5.41) is 0. The van der Waals surface area contributed by atoms with Crippen LogP contribution in [0.2, 0.25) is 0 Å². The molecule has 0 aromatic heterocycles. The van der Waals surface area contributed by atoms with Gasteiger partial charge in [-0.05, 0) is 37.1 Å². The van der Waals surface area contributed by atoms with Crippen molar-refractivity contribution >= 4 is 5.69 Å². The molecule has 1 unspecified atom stereocenters. The van der Waals surface area contributed by atoms with Crippen LogP contribution in [0.25, 0.3) is 0 Å². The van der Waals surface area contributed by atoms with E-state index in [0.29, 0.717) is 11.7 Å². The maximum atomic E-state index is 5.93. The maximum Gasteiger partial charge on any atom is 0.141 e. The van der Waals surface area contributed by atoms with Crippen molar-refractivity contribution in [3.8, 4) is 5.75 Å². The summed E-state index contributed by atoms with van der Waals surface area (Å²) < 4.78 is 5.17. The van der Waals surface area contributed by atoms with Crippen LogP contribution in [0.1, 0.15) is 33.3 Å². The number of nitrogen functional groups attached to an aromatic ring is 1. The van der Waals surface area contributed by atoms with Gasteiger partial charge in [-0.25, -0.2) is 0 Å². The highest BCUT2D eigenvalue weighted by Crippen LogP contribution is 2.26. The fraction of sp³-hybridized carbons (Fsp3) is 0.600. The van der Waals surface area contributed by atoms with Gasteiger partial charge in [-0.1, -0.05) is 26.8 Å². The smallest absolute Gasteiger partial charge is 0.141 e. The standard InChI is InChI=1S/C15H26N2O/c1-11(15(2,3)4)17(5)10-12-7-8-14(18-6)13(16)9-12/h7-9,11H,10,16H2,1-6H3. The van der Waals surface area contributed by atoms with Gasteiger partial charge in [0.1, 0.15) is 5.75 Å². The molecule has 3 nitrogen and oxygen atoms in total. The molecule has 0 aliphatic carbocycles. The first-order valence-electron chi connectivity index (χ1n) is 6.38. The molecule has 1 atom stereocenters. The van der Waals surface area contributed by atoms with E-state index in [-0.39, 0.29) is 5.41 Å². The molecule has 0 radical (unpaired) electrons. The predicted molar refractivity (Wildman–Crippen MR) is 77.8 cm³/mol. The summed E-state index contributed by atoms with van der Waals surface area (Å²) in [6, 6.07) is 6.49. The Hall–Kier alpha value is -1.22. The molecule has 0 amide bonds. The Morgan fingerprint density at radius 3 is 2.39 bits per heavy atom. The number of nitrogens with zero attached hydrogens (tertiary/aromatic N) is 1. The minimum Gasteiger partial charge on any atom is -0.495 e. The highest BCUT2D eigenvalue weighted by Gasteiger charge is 2.23. The highest BCUT2D eigenvalue weighted by molar-refractivity contribution is 5.54. The number of hydrogen-bond acceptors (Lipinski definition) is 3. The van der Waals surface area contributed by atoms with Gasteiger partial charge in [0.2, 0.25) is 0 Å². The SMILES string of the molecule is COc1ccc(CN(C)C(C)C(C)(C)C)cc1N. The molecule has 0 saturated carbocycles. The van der Waals surface area contributed by atoms with E-state index < -0.39 is 0 Å². The Morgan fingerprint density at radius 1 is 1.33 bits per heavy atom. The number of methoxy groups -OCH3 is 1. The van der Waals surface area contributed by atoms with Crippen LogP contribution in [0.4, 0.5) is 5.69 Å². The lowest BCUT2D eigenvalue weighted by atomic mass is 9.87. The number of benzene rings is 1. The van der Waals surface area contributed by atoms with Crippen LogP contribution in [-0.4, -0.2) is 25.1 Å². The minimum absolute atomic E-state index is 0.271. The highest BCUT2D eigenvalue weighted by atomic mass is 16.5. The van der Waals surface area contributed by atoms with E-state index in [1.165, 1.54) is 5.56 Å². The second-order valence-electron chi connectivity index (χ2n) is 6.03. The van der Waals surface area contributed by atoms with Gasteiger partial charge in [0, 0.05) is 12.6 Å². The van der Waals surface area contributed by atoms with E-state index in [1.807, 2.05) is 12.1 Å². The van der Waals surface area contributed by atoms with E-state index in [4.69, 9.17) is 10.5 Å². The van der Waals surface area contributed by atoms with Crippen molar-refractivity contribution in [1.29, 1.82) is 0 Å². The first-order chi connectivity index (χ1) is 8.25. The fourth-order valence-electron chi connectivity index (χ4n) is 1.97. The van der Waals surface area contributed by atoms with Crippen LogP contribution in [-0.2, 0) is 6.54 Å². The molecule has 3 heteroatoms. The van der Waals surface area contributed by atoms with Crippen LogP contribution in [0.5, 0.6) is 5.75 Å². The molecule has 1 aromatic carbocycles. The Morgan fingerprint density at radius 2 is 1.94 bits per heavy atom. The van der Waals surface area contributed by atoms with Gasteiger partial charge < -0.3 is 10.5 Å². The molecular formula is C15H26N2O. The number of nitrogens with two attached hydrogens (primary N) is 1. The van der Waals surface area contributed by atoms with Crippen molar-refractivity contribution in [3.63, 3.8) is 0 Å². The topological polar surface area (TPSA) is 38.5 Å². The normalized spacial score (nSPS) is 13.7. The van der Waals surface area contributed by atoms with Gasteiger partial charge in [-0.2, -0.15) is 0 Å². The van der Waals surface area contributed by atoms with Gasteiger partial charge in [0.25, 0.3) is 0 Å². The van der Waals surface area contributed by atoms with Crippen LogP contribution in [0.15, 0.2) is 18.2 Å². The largest absolute Gasteiger partial charge is 0.495 e. The molecule has 0 saturated heterocycles. The molecule has 1 rings (SSSR count). The average Bonchev–Trinajstić information content (AvgIpc) is 2.27. The lowest BCUT2D eigenvalue weighted by molar-refractivity contribution is 0.134. The van der Waals surface area contributed by atoms with E-state index in [2.05, 4.69) is 45.7 Å². The second kappa shape index (κ2) is 5.61. The van der Waals surface area contributed by atoms with Gasteiger partial charge in [-0.15, -0.1) is 0 Å². The zero-order valence-corrected chi connectivity index (χ0v) is 12.4. The zero-order chi connectivity index (χ0) is 13.9. The third-order valence-electron chi connectivity index (χ3n) is 3.64. The summed E-state index contributed by atoms with van der Waals surface area (Å²) in [6.07, 6.45) is 0. The molecule has 0 fully saturated rings. The van der Waals surface area contributed by atoms with Crippen molar-refractivity contribution in [3.05, 3.63) is 23.8 Å². The monoisotopic (exact) mass is 250 g/mol. The third kappa shape index (κ3) is 3.64.